The molecule has 3 aromatic heterocycles. The predicted molar refractivity (Wildman–Crippen MR) is 167 cm³/mol. The van der Waals surface area contributed by atoms with Gasteiger partial charge in [-0.05, 0) is 69.1 Å². The summed E-state index contributed by atoms with van der Waals surface area (Å²) in [5, 5.41) is 8.79. The van der Waals surface area contributed by atoms with Gasteiger partial charge in [-0.15, -0.1) is 0 Å². The Hall–Kier alpha value is -4.00. The number of aromatic nitrogens is 4. The van der Waals surface area contributed by atoms with E-state index in [0.717, 1.165) is 58.5 Å². The van der Waals surface area contributed by atoms with Crippen molar-refractivity contribution < 1.29 is 9.53 Å². The number of alkyl carbamates (subject to hydrolysis) is 1. The number of benzene rings is 1. The summed E-state index contributed by atoms with van der Waals surface area (Å²) >= 11 is 0. The molecule has 2 aliphatic carbocycles. The quantitative estimate of drug-likeness (QED) is 0.266. The molecule has 0 aliphatic heterocycles. The Labute approximate surface area is 248 Å². The van der Waals surface area contributed by atoms with Crippen molar-refractivity contribution in [2.45, 2.75) is 84.8 Å². The Kier molecular flexibility index (Phi) is 6.75. The standard InChI is InChI=1S/C35H41N5O2/c1-8-34(7)20-35(21-34,39-32(41)42-33(4,5)6)25-15-13-24(14-16-25)30-28(26-12-10-9-11-22(26)2)19-27-23(3)37-29-17-18-36-40(29)31(27)38-30/h9-19,22,26H,8,20-21H2,1-7H3,(H,39,41). The van der Waals surface area contributed by atoms with Gasteiger partial charge in [0.2, 0.25) is 0 Å². The lowest BCUT2D eigenvalue weighted by atomic mass is 9.55. The average molecular weight is 564 g/mol. The minimum atomic E-state index is -0.557. The molecule has 0 bridgehead atoms. The molecular formula is C35H41N5O2. The zero-order valence-corrected chi connectivity index (χ0v) is 25.7. The van der Waals surface area contributed by atoms with E-state index in [1.807, 2.05) is 38.3 Å². The van der Waals surface area contributed by atoms with Crippen LogP contribution in [0.2, 0.25) is 0 Å². The zero-order valence-electron chi connectivity index (χ0n) is 25.7. The average Bonchev–Trinajstić information content (AvgIpc) is 3.39. The number of hydrogen-bond donors (Lipinski definition) is 1. The summed E-state index contributed by atoms with van der Waals surface area (Å²) in [6, 6.07) is 12.8. The monoisotopic (exact) mass is 563 g/mol. The van der Waals surface area contributed by atoms with Gasteiger partial charge in [-0.3, -0.25) is 0 Å². The molecule has 4 aromatic rings. The van der Waals surface area contributed by atoms with Crippen LogP contribution in [0.15, 0.2) is 66.9 Å². The van der Waals surface area contributed by atoms with Crippen LogP contribution in [0.1, 0.15) is 83.5 Å². The van der Waals surface area contributed by atoms with Crippen LogP contribution in [-0.2, 0) is 10.3 Å². The maximum Gasteiger partial charge on any atom is 0.408 e. The van der Waals surface area contributed by atoms with Gasteiger partial charge in [-0.1, -0.05) is 75.8 Å². The molecule has 2 atom stereocenters. The highest BCUT2D eigenvalue weighted by Crippen LogP contribution is 2.56. The minimum absolute atomic E-state index is 0.179. The summed E-state index contributed by atoms with van der Waals surface area (Å²) < 4.78 is 7.50. The Morgan fingerprint density at radius 2 is 1.81 bits per heavy atom. The Morgan fingerprint density at radius 3 is 2.48 bits per heavy atom. The molecule has 2 aliphatic rings. The molecule has 6 rings (SSSR count). The summed E-state index contributed by atoms with van der Waals surface area (Å²) in [5.74, 6) is 0.517. The van der Waals surface area contributed by atoms with Crippen molar-refractivity contribution in [1.29, 1.82) is 0 Å². The molecule has 7 nitrogen and oxygen atoms in total. The second-order valence-electron chi connectivity index (χ2n) is 13.6. The summed E-state index contributed by atoms with van der Waals surface area (Å²) in [5.41, 5.74) is 5.93. The molecule has 1 fully saturated rings. The first-order valence-electron chi connectivity index (χ1n) is 15.0. The van der Waals surface area contributed by atoms with Crippen molar-refractivity contribution in [3.05, 3.63) is 83.7 Å². The number of hydrogen-bond acceptors (Lipinski definition) is 5. The van der Waals surface area contributed by atoms with Gasteiger partial charge in [0.15, 0.2) is 11.3 Å². The number of aryl methyl sites for hydroxylation is 1. The number of nitrogens with one attached hydrogen (secondary N) is 1. The van der Waals surface area contributed by atoms with Gasteiger partial charge in [0, 0.05) is 22.9 Å². The smallest absolute Gasteiger partial charge is 0.408 e. The molecule has 42 heavy (non-hydrogen) atoms. The third-order valence-electron chi connectivity index (χ3n) is 9.06. The third-order valence-corrected chi connectivity index (χ3v) is 9.06. The fraction of sp³-hybridized carbons (Fsp3) is 0.429. The van der Waals surface area contributed by atoms with Crippen LogP contribution in [0.25, 0.3) is 27.9 Å². The molecule has 7 heteroatoms. The fourth-order valence-electron chi connectivity index (χ4n) is 6.78. The predicted octanol–water partition coefficient (Wildman–Crippen LogP) is 8.03. The number of allylic oxidation sites excluding steroid dienone is 4. The van der Waals surface area contributed by atoms with Crippen LogP contribution in [0.4, 0.5) is 4.79 Å². The van der Waals surface area contributed by atoms with E-state index < -0.39 is 11.1 Å². The molecule has 1 N–H and O–H groups in total. The largest absolute Gasteiger partial charge is 0.444 e. The Morgan fingerprint density at radius 1 is 1.10 bits per heavy atom. The van der Waals surface area contributed by atoms with E-state index in [2.05, 4.69) is 85.8 Å². The van der Waals surface area contributed by atoms with Gasteiger partial charge in [0.1, 0.15) is 5.60 Å². The first-order valence-corrected chi connectivity index (χ1v) is 15.0. The minimum Gasteiger partial charge on any atom is -0.444 e. The molecule has 1 aromatic carbocycles. The van der Waals surface area contributed by atoms with Gasteiger partial charge in [-0.2, -0.15) is 9.61 Å². The first-order chi connectivity index (χ1) is 19.9. The van der Waals surface area contributed by atoms with E-state index in [1.165, 1.54) is 5.56 Å². The van der Waals surface area contributed by atoms with Crippen LogP contribution >= 0.6 is 0 Å². The number of nitrogens with zero attached hydrogens (tertiary/aromatic N) is 4. The SMILES string of the molecule is CCC1(C)CC(NC(=O)OC(C)(C)C)(c2ccc(-c3nc4c(cc3C3C=CC=CC3C)c(C)nc3ccnn34)cc2)C1. The maximum absolute atomic E-state index is 12.9. The van der Waals surface area contributed by atoms with Crippen molar-refractivity contribution in [3.63, 3.8) is 0 Å². The van der Waals surface area contributed by atoms with Crippen LogP contribution < -0.4 is 5.32 Å². The van der Waals surface area contributed by atoms with E-state index in [4.69, 9.17) is 14.7 Å². The van der Waals surface area contributed by atoms with Gasteiger partial charge >= 0.3 is 6.09 Å². The molecular weight excluding hydrogens is 522 g/mol. The van der Waals surface area contributed by atoms with Crippen LogP contribution in [0.3, 0.4) is 0 Å². The third kappa shape index (κ3) is 4.99. The van der Waals surface area contributed by atoms with Gasteiger partial charge in [0.05, 0.1) is 23.1 Å². The zero-order chi connectivity index (χ0) is 29.9. The van der Waals surface area contributed by atoms with E-state index in [9.17, 15) is 4.79 Å². The molecule has 1 saturated carbocycles. The second-order valence-corrected chi connectivity index (χ2v) is 13.6. The van der Waals surface area contributed by atoms with E-state index in [0.29, 0.717) is 5.92 Å². The van der Waals surface area contributed by atoms with Crippen molar-refractivity contribution in [2.24, 2.45) is 11.3 Å². The number of amides is 1. The van der Waals surface area contributed by atoms with Gasteiger partial charge in [-0.25, -0.2) is 14.8 Å². The van der Waals surface area contributed by atoms with Gasteiger partial charge < -0.3 is 10.1 Å². The summed E-state index contributed by atoms with van der Waals surface area (Å²) in [7, 11) is 0. The summed E-state index contributed by atoms with van der Waals surface area (Å²) in [6.07, 6.45) is 12.9. The number of carbonyl (C=O) groups is 1. The number of pyridine rings is 1. The second kappa shape index (κ2) is 10.1. The lowest BCUT2D eigenvalue weighted by molar-refractivity contribution is -0.00806. The Balaban J connectivity index is 1.44. The van der Waals surface area contributed by atoms with Crippen molar-refractivity contribution in [1.82, 2.24) is 24.9 Å². The highest BCUT2D eigenvalue weighted by atomic mass is 16.6. The molecule has 0 radical (unpaired) electrons. The van der Waals surface area contributed by atoms with E-state index in [1.54, 1.807) is 6.20 Å². The number of fused-ring (bicyclic) bond motifs is 3. The van der Waals surface area contributed by atoms with Crippen LogP contribution in [0, 0.1) is 18.3 Å². The number of rotatable bonds is 5. The molecule has 0 saturated heterocycles. The fourth-order valence-corrected chi connectivity index (χ4v) is 6.78. The normalized spacial score (nSPS) is 25.5. The van der Waals surface area contributed by atoms with E-state index >= 15 is 0 Å². The number of ether oxygens (including phenoxy) is 1. The summed E-state index contributed by atoms with van der Waals surface area (Å²) in [6.45, 7) is 14.5. The molecule has 218 valence electrons. The first kappa shape index (κ1) is 28.1. The lowest BCUT2D eigenvalue weighted by Gasteiger charge is -2.55. The highest BCUT2D eigenvalue weighted by molar-refractivity contribution is 5.85. The van der Waals surface area contributed by atoms with Crippen molar-refractivity contribution >= 4 is 22.8 Å². The Bertz CT molecular complexity index is 1720. The highest BCUT2D eigenvalue weighted by Gasteiger charge is 2.53. The molecule has 2 unspecified atom stereocenters. The van der Waals surface area contributed by atoms with Crippen LogP contribution in [0.5, 0.6) is 0 Å². The topological polar surface area (TPSA) is 81.4 Å². The molecule has 1 amide bonds. The van der Waals surface area contributed by atoms with E-state index in [-0.39, 0.29) is 17.4 Å². The number of carbonyl (C=O) groups excluding carboxylic acids is 1. The van der Waals surface area contributed by atoms with Crippen LogP contribution in [-0.4, -0.2) is 31.3 Å². The maximum atomic E-state index is 12.9. The molecule has 3 heterocycles. The lowest BCUT2D eigenvalue weighted by Crippen LogP contribution is -2.59. The molecule has 0 spiro atoms. The van der Waals surface area contributed by atoms with Gasteiger partial charge in [0.25, 0.3) is 0 Å². The summed E-state index contributed by atoms with van der Waals surface area (Å²) in [4.78, 5) is 23.0. The van der Waals surface area contributed by atoms with Crippen molar-refractivity contribution in [2.75, 3.05) is 0 Å². The van der Waals surface area contributed by atoms with Crippen molar-refractivity contribution in [3.8, 4) is 11.3 Å².